The lowest BCUT2D eigenvalue weighted by Crippen LogP contribution is -2.48. The lowest BCUT2D eigenvalue weighted by atomic mass is 9.80. The van der Waals surface area contributed by atoms with Crippen LogP contribution in [-0.4, -0.2) is 41.1 Å². The average molecular weight is 445 g/mol. The van der Waals surface area contributed by atoms with Gasteiger partial charge in [0.1, 0.15) is 5.75 Å². The fourth-order valence-corrected chi connectivity index (χ4v) is 3.53. The molecular weight excluding hydrogens is 421 g/mol. The largest absolute Gasteiger partial charge is 0.506 e. The summed E-state index contributed by atoms with van der Waals surface area (Å²) in [5, 5.41) is 24.9. The minimum Gasteiger partial charge on any atom is -0.506 e. The van der Waals surface area contributed by atoms with Gasteiger partial charge in [-0.3, -0.25) is 15.0 Å². The molecule has 1 atom stereocenters. The van der Waals surface area contributed by atoms with Crippen LogP contribution in [0.15, 0.2) is 16.6 Å². The number of hydrogen-bond donors (Lipinski definition) is 2. The number of non-ortho nitro benzene ring substituents is 1. The Morgan fingerprint density at radius 1 is 1.29 bits per heavy atom. The van der Waals surface area contributed by atoms with E-state index in [4.69, 9.17) is 0 Å². The smallest absolute Gasteiger partial charge is 0.271 e. The molecule has 1 heterocycles. The molecule has 0 spiro atoms. The molecule has 0 unspecified atom stereocenters. The fraction of sp³-hybridized carbons (Fsp3) is 0.600. The van der Waals surface area contributed by atoms with Crippen molar-refractivity contribution in [1.82, 2.24) is 10.2 Å². The molecule has 0 radical (unpaired) electrons. The molecule has 0 saturated carbocycles. The van der Waals surface area contributed by atoms with E-state index in [1.807, 2.05) is 0 Å². The number of nitrogens with one attached hydrogen (secondary N) is 1. The van der Waals surface area contributed by atoms with E-state index in [2.05, 4.69) is 46.9 Å². The number of nitrogens with zero attached hydrogens (tertiary/aromatic N) is 2. The zero-order valence-electron chi connectivity index (χ0n) is 13.9. The molecule has 6 nitrogen and oxygen atoms in total. The topological polar surface area (TPSA) is 78.6 Å². The quantitative estimate of drug-likeness (QED) is 0.545. The number of piperazine rings is 1. The monoisotopic (exact) mass is 443 g/mol. The SMILES string of the molecule is CC(C)(C)[C@H](c1cc([N+](=O)[O-])cc(Br)c1O)N1CCNCC1.Cl.Cl. The van der Waals surface area contributed by atoms with Gasteiger partial charge in [-0.15, -0.1) is 24.8 Å². The molecule has 0 bridgehead atoms. The highest BCUT2D eigenvalue weighted by atomic mass is 79.9. The summed E-state index contributed by atoms with van der Waals surface area (Å²) in [4.78, 5) is 13.0. The Hall–Kier alpha value is -0.600. The number of aromatic hydroxyl groups is 1. The summed E-state index contributed by atoms with van der Waals surface area (Å²) in [5.41, 5.74) is 0.434. The Morgan fingerprint density at radius 3 is 2.29 bits per heavy atom. The van der Waals surface area contributed by atoms with Crippen LogP contribution in [0.3, 0.4) is 0 Å². The van der Waals surface area contributed by atoms with Crippen LogP contribution in [0, 0.1) is 15.5 Å². The Morgan fingerprint density at radius 2 is 1.83 bits per heavy atom. The van der Waals surface area contributed by atoms with E-state index in [1.165, 1.54) is 12.1 Å². The van der Waals surface area contributed by atoms with Gasteiger partial charge in [-0.1, -0.05) is 20.8 Å². The number of benzene rings is 1. The van der Waals surface area contributed by atoms with Gasteiger partial charge in [0.05, 0.1) is 9.40 Å². The Bertz CT molecular complexity index is 576. The number of halogens is 3. The Labute approximate surface area is 163 Å². The zero-order valence-corrected chi connectivity index (χ0v) is 17.1. The van der Waals surface area contributed by atoms with Crippen LogP contribution < -0.4 is 5.32 Å². The van der Waals surface area contributed by atoms with Crippen molar-refractivity contribution in [3.63, 3.8) is 0 Å². The second-order valence-electron chi connectivity index (χ2n) is 6.68. The molecule has 0 aliphatic carbocycles. The Balaban J connectivity index is 0.00000264. The molecular formula is C15H24BrCl2N3O3. The number of nitro benzene ring substituents is 1. The minimum absolute atomic E-state index is 0. The second-order valence-corrected chi connectivity index (χ2v) is 7.53. The van der Waals surface area contributed by atoms with Gasteiger partial charge in [-0.05, 0) is 21.3 Å². The van der Waals surface area contributed by atoms with Gasteiger partial charge in [0.2, 0.25) is 0 Å². The zero-order chi connectivity index (χ0) is 16.5. The van der Waals surface area contributed by atoms with Crippen LogP contribution in [0.2, 0.25) is 0 Å². The van der Waals surface area contributed by atoms with Crippen LogP contribution in [0.25, 0.3) is 0 Å². The lowest BCUT2D eigenvalue weighted by molar-refractivity contribution is -0.385. The molecule has 1 aliphatic heterocycles. The maximum Gasteiger partial charge on any atom is 0.271 e. The van der Waals surface area contributed by atoms with Gasteiger partial charge in [-0.2, -0.15) is 0 Å². The predicted octanol–water partition coefficient (Wildman–Crippen LogP) is 3.90. The maximum absolute atomic E-state index is 11.1. The number of phenolic OH excluding ortho intramolecular Hbond substituents is 1. The van der Waals surface area contributed by atoms with Crippen molar-refractivity contribution in [3.05, 3.63) is 32.3 Å². The van der Waals surface area contributed by atoms with Crippen molar-refractivity contribution >= 4 is 46.4 Å². The number of hydrogen-bond acceptors (Lipinski definition) is 5. The van der Waals surface area contributed by atoms with Crippen LogP contribution >= 0.6 is 40.7 Å². The first-order valence-corrected chi connectivity index (χ1v) is 8.12. The fourth-order valence-electron chi connectivity index (χ4n) is 3.07. The third-order valence-electron chi connectivity index (χ3n) is 3.92. The first-order valence-electron chi connectivity index (χ1n) is 7.33. The Kier molecular flexibility index (Phi) is 8.97. The third kappa shape index (κ3) is 5.20. The summed E-state index contributed by atoms with van der Waals surface area (Å²) in [6.07, 6.45) is 0. The van der Waals surface area contributed by atoms with E-state index >= 15 is 0 Å². The van der Waals surface area contributed by atoms with E-state index in [0.29, 0.717) is 10.0 Å². The van der Waals surface area contributed by atoms with E-state index in [9.17, 15) is 15.2 Å². The standard InChI is InChI=1S/C15H22BrN3O3.2ClH/c1-15(2,3)14(18-6-4-17-5-7-18)11-8-10(19(21)22)9-12(16)13(11)20;;/h8-9,14,17,20H,4-7H2,1-3H3;2*1H/t14-;;/m0../s1. The van der Waals surface area contributed by atoms with Crippen molar-refractivity contribution in [1.29, 1.82) is 0 Å². The van der Waals surface area contributed by atoms with E-state index in [-0.39, 0.29) is 47.7 Å². The summed E-state index contributed by atoms with van der Waals surface area (Å²) in [7, 11) is 0. The van der Waals surface area contributed by atoms with Crippen molar-refractivity contribution in [2.24, 2.45) is 5.41 Å². The molecule has 138 valence electrons. The van der Waals surface area contributed by atoms with Crippen LogP contribution in [-0.2, 0) is 0 Å². The molecule has 1 aromatic carbocycles. The van der Waals surface area contributed by atoms with Crippen molar-refractivity contribution < 1.29 is 10.0 Å². The van der Waals surface area contributed by atoms with Crippen molar-refractivity contribution in [2.75, 3.05) is 26.2 Å². The van der Waals surface area contributed by atoms with Gasteiger partial charge in [-0.25, -0.2) is 0 Å². The molecule has 0 amide bonds. The first-order chi connectivity index (χ1) is 10.2. The van der Waals surface area contributed by atoms with Gasteiger partial charge < -0.3 is 10.4 Å². The minimum atomic E-state index is -0.425. The highest BCUT2D eigenvalue weighted by Crippen LogP contribution is 2.45. The lowest BCUT2D eigenvalue weighted by Gasteiger charge is -2.42. The molecule has 9 heteroatoms. The molecule has 24 heavy (non-hydrogen) atoms. The molecule has 1 aliphatic rings. The summed E-state index contributed by atoms with van der Waals surface area (Å²) in [5.74, 6) is 0.0871. The summed E-state index contributed by atoms with van der Waals surface area (Å²) >= 11 is 3.24. The first kappa shape index (κ1) is 23.4. The number of rotatable bonds is 3. The normalized spacial score (nSPS) is 16.7. The summed E-state index contributed by atoms with van der Waals surface area (Å²) in [6, 6.07) is 2.75. The molecule has 2 N–H and O–H groups in total. The van der Waals surface area contributed by atoms with Gasteiger partial charge in [0, 0.05) is 49.9 Å². The third-order valence-corrected chi connectivity index (χ3v) is 4.52. The molecule has 1 fully saturated rings. The summed E-state index contributed by atoms with van der Waals surface area (Å²) in [6.45, 7) is 9.72. The highest BCUT2D eigenvalue weighted by Gasteiger charge is 2.35. The van der Waals surface area contributed by atoms with E-state index in [1.54, 1.807) is 0 Å². The molecule has 2 rings (SSSR count). The molecule has 1 saturated heterocycles. The van der Waals surface area contributed by atoms with Gasteiger partial charge in [0.15, 0.2) is 0 Å². The van der Waals surface area contributed by atoms with Gasteiger partial charge in [0.25, 0.3) is 5.69 Å². The molecule has 1 aromatic rings. The second kappa shape index (κ2) is 9.20. The van der Waals surface area contributed by atoms with Crippen molar-refractivity contribution in [3.8, 4) is 5.75 Å². The van der Waals surface area contributed by atoms with Crippen molar-refractivity contribution in [2.45, 2.75) is 26.8 Å². The number of nitro groups is 1. The van der Waals surface area contributed by atoms with E-state index < -0.39 is 4.92 Å². The van der Waals surface area contributed by atoms with Gasteiger partial charge >= 0.3 is 0 Å². The maximum atomic E-state index is 11.1. The van der Waals surface area contributed by atoms with Crippen LogP contribution in [0.1, 0.15) is 32.4 Å². The predicted molar refractivity (Wildman–Crippen MR) is 104 cm³/mol. The van der Waals surface area contributed by atoms with Crippen LogP contribution in [0.5, 0.6) is 5.75 Å². The highest BCUT2D eigenvalue weighted by molar-refractivity contribution is 9.10. The van der Waals surface area contributed by atoms with E-state index in [0.717, 1.165) is 26.2 Å². The van der Waals surface area contributed by atoms with Crippen LogP contribution in [0.4, 0.5) is 5.69 Å². The number of phenols is 1. The summed E-state index contributed by atoms with van der Waals surface area (Å²) < 4.78 is 0.362. The molecule has 0 aromatic heterocycles. The average Bonchev–Trinajstić information content (AvgIpc) is 2.43.